The molecular weight excluding hydrogens is 174 g/mol. The van der Waals surface area contributed by atoms with Gasteiger partial charge < -0.3 is 10.3 Å². The quantitative estimate of drug-likeness (QED) is 0.796. The lowest BCUT2D eigenvalue weighted by Crippen LogP contribution is -2.15. The van der Waals surface area contributed by atoms with Gasteiger partial charge in [-0.25, -0.2) is 4.98 Å². The van der Waals surface area contributed by atoms with Gasteiger partial charge in [0.15, 0.2) is 0 Å². The third kappa shape index (κ3) is 1.98. The molecule has 78 valence electrons. The summed E-state index contributed by atoms with van der Waals surface area (Å²) in [4.78, 5) is 4.22. The summed E-state index contributed by atoms with van der Waals surface area (Å²) < 4.78 is 2.22. The van der Waals surface area contributed by atoms with Crippen molar-refractivity contribution in [2.24, 2.45) is 5.73 Å². The van der Waals surface area contributed by atoms with Crippen molar-refractivity contribution in [3.05, 3.63) is 18.2 Å². The molecule has 0 aliphatic heterocycles. The molecule has 1 aliphatic carbocycles. The predicted octanol–water partition coefficient (Wildman–Crippen LogP) is 1.89. The van der Waals surface area contributed by atoms with Gasteiger partial charge in [0.05, 0.1) is 6.33 Å². The van der Waals surface area contributed by atoms with E-state index in [1.165, 1.54) is 37.8 Å². The number of rotatable bonds is 3. The van der Waals surface area contributed by atoms with E-state index in [1.807, 2.05) is 12.5 Å². The molecular formula is C11H19N3. The minimum atomic E-state index is 0.704. The molecule has 0 aromatic carbocycles. The Morgan fingerprint density at radius 2 is 2.14 bits per heavy atom. The van der Waals surface area contributed by atoms with Gasteiger partial charge in [0.25, 0.3) is 0 Å². The van der Waals surface area contributed by atoms with Gasteiger partial charge in [0.1, 0.15) is 0 Å². The number of nitrogens with zero attached hydrogens (tertiary/aromatic N) is 2. The standard InChI is InChI=1S/C11H19N3/c12-6-7-14-9-13-8-11(14)10-4-2-1-3-5-10/h8-10H,1-7,12H2. The Labute approximate surface area is 85.3 Å². The van der Waals surface area contributed by atoms with Crippen LogP contribution in [-0.4, -0.2) is 16.1 Å². The molecule has 1 aromatic rings. The molecule has 0 radical (unpaired) electrons. The van der Waals surface area contributed by atoms with E-state index in [4.69, 9.17) is 5.73 Å². The van der Waals surface area contributed by atoms with Crippen LogP contribution in [0.1, 0.15) is 43.7 Å². The van der Waals surface area contributed by atoms with Crippen LogP contribution < -0.4 is 5.73 Å². The summed E-state index contributed by atoms with van der Waals surface area (Å²) >= 11 is 0. The van der Waals surface area contributed by atoms with Crippen molar-refractivity contribution < 1.29 is 0 Å². The predicted molar refractivity (Wildman–Crippen MR) is 57.1 cm³/mol. The fourth-order valence-corrected chi connectivity index (χ4v) is 2.40. The number of nitrogens with two attached hydrogens (primary N) is 1. The third-order valence-electron chi connectivity index (χ3n) is 3.14. The zero-order chi connectivity index (χ0) is 9.80. The molecule has 3 heteroatoms. The summed E-state index contributed by atoms with van der Waals surface area (Å²) in [7, 11) is 0. The molecule has 3 nitrogen and oxygen atoms in total. The Morgan fingerprint density at radius 1 is 1.36 bits per heavy atom. The van der Waals surface area contributed by atoms with E-state index in [0.29, 0.717) is 6.54 Å². The maximum atomic E-state index is 5.57. The summed E-state index contributed by atoms with van der Waals surface area (Å²) in [6, 6.07) is 0. The first-order valence-electron chi connectivity index (χ1n) is 5.62. The van der Waals surface area contributed by atoms with Gasteiger partial charge in [-0.2, -0.15) is 0 Å². The van der Waals surface area contributed by atoms with Gasteiger partial charge in [-0.15, -0.1) is 0 Å². The van der Waals surface area contributed by atoms with Gasteiger partial charge in [-0.1, -0.05) is 19.3 Å². The van der Waals surface area contributed by atoms with Gasteiger partial charge in [0, 0.05) is 30.9 Å². The summed E-state index contributed by atoms with van der Waals surface area (Å²) in [5, 5.41) is 0. The van der Waals surface area contributed by atoms with Crippen molar-refractivity contribution in [2.75, 3.05) is 6.54 Å². The van der Waals surface area contributed by atoms with E-state index in [1.54, 1.807) is 0 Å². The molecule has 1 aliphatic rings. The molecule has 0 amide bonds. The maximum absolute atomic E-state index is 5.57. The SMILES string of the molecule is NCCn1cncc1C1CCCCC1. The molecule has 0 atom stereocenters. The van der Waals surface area contributed by atoms with E-state index < -0.39 is 0 Å². The normalized spacial score (nSPS) is 18.6. The highest BCUT2D eigenvalue weighted by molar-refractivity contribution is 5.07. The van der Waals surface area contributed by atoms with Crippen LogP contribution in [0.2, 0.25) is 0 Å². The Balaban J connectivity index is 2.09. The molecule has 2 N–H and O–H groups in total. The van der Waals surface area contributed by atoms with Crippen LogP contribution in [0.15, 0.2) is 12.5 Å². The Morgan fingerprint density at radius 3 is 2.86 bits per heavy atom. The van der Waals surface area contributed by atoms with Crippen LogP contribution in [-0.2, 0) is 6.54 Å². The van der Waals surface area contributed by atoms with Crippen molar-refractivity contribution in [3.8, 4) is 0 Å². The van der Waals surface area contributed by atoms with E-state index in [2.05, 4.69) is 9.55 Å². The van der Waals surface area contributed by atoms with Crippen LogP contribution in [0, 0.1) is 0 Å². The lowest BCUT2D eigenvalue weighted by atomic mass is 9.87. The third-order valence-corrected chi connectivity index (χ3v) is 3.14. The van der Waals surface area contributed by atoms with Gasteiger partial charge in [-0.05, 0) is 12.8 Å². The topological polar surface area (TPSA) is 43.8 Å². The van der Waals surface area contributed by atoms with Crippen molar-refractivity contribution in [1.29, 1.82) is 0 Å². The van der Waals surface area contributed by atoms with E-state index in [-0.39, 0.29) is 0 Å². The molecule has 1 aromatic heterocycles. The largest absolute Gasteiger partial charge is 0.333 e. The summed E-state index contributed by atoms with van der Waals surface area (Å²) in [6.07, 6.45) is 10.7. The van der Waals surface area contributed by atoms with Crippen molar-refractivity contribution >= 4 is 0 Å². The molecule has 0 saturated heterocycles. The van der Waals surface area contributed by atoms with E-state index in [0.717, 1.165) is 12.5 Å². The van der Waals surface area contributed by atoms with Crippen molar-refractivity contribution in [2.45, 2.75) is 44.6 Å². The smallest absolute Gasteiger partial charge is 0.0948 e. The fourth-order valence-electron chi connectivity index (χ4n) is 2.40. The molecule has 1 saturated carbocycles. The van der Waals surface area contributed by atoms with Crippen LogP contribution in [0.5, 0.6) is 0 Å². The molecule has 2 rings (SSSR count). The van der Waals surface area contributed by atoms with Crippen molar-refractivity contribution in [3.63, 3.8) is 0 Å². The lowest BCUT2D eigenvalue weighted by Gasteiger charge is -2.22. The molecule has 14 heavy (non-hydrogen) atoms. The van der Waals surface area contributed by atoms with Gasteiger partial charge in [-0.3, -0.25) is 0 Å². The Kier molecular flexibility index (Phi) is 3.19. The zero-order valence-corrected chi connectivity index (χ0v) is 8.65. The number of imidazole rings is 1. The summed E-state index contributed by atoms with van der Waals surface area (Å²) in [5.74, 6) is 0.734. The Hall–Kier alpha value is -0.830. The highest BCUT2D eigenvalue weighted by Gasteiger charge is 2.18. The first kappa shape index (κ1) is 9.71. The second-order valence-corrected chi connectivity index (χ2v) is 4.14. The second-order valence-electron chi connectivity index (χ2n) is 4.14. The Bertz CT molecular complexity index is 274. The molecule has 1 heterocycles. The number of aromatic nitrogens is 2. The zero-order valence-electron chi connectivity index (χ0n) is 8.65. The summed E-state index contributed by atoms with van der Waals surface area (Å²) in [6.45, 7) is 1.61. The molecule has 0 unspecified atom stereocenters. The first-order chi connectivity index (χ1) is 6.92. The highest BCUT2D eigenvalue weighted by atomic mass is 15.1. The number of hydrogen-bond donors (Lipinski definition) is 1. The monoisotopic (exact) mass is 193 g/mol. The summed E-state index contributed by atoms with van der Waals surface area (Å²) in [5.41, 5.74) is 6.97. The van der Waals surface area contributed by atoms with Gasteiger partial charge in [0.2, 0.25) is 0 Å². The lowest BCUT2D eigenvalue weighted by molar-refractivity contribution is 0.424. The molecule has 1 fully saturated rings. The fraction of sp³-hybridized carbons (Fsp3) is 0.727. The second kappa shape index (κ2) is 4.60. The van der Waals surface area contributed by atoms with Crippen LogP contribution in [0.3, 0.4) is 0 Å². The number of hydrogen-bond acceptors (Lipinski definition) is 2. The average molecular weight is 193 g/mol. The highest BCUT2D eigenvalue weighted by Crippen LogP contribution is 2.32. The maximum Gasteiger partial charge on any atom is 0.0948 e. The molecule has 0 bridgehead atoms. The van der Waals surface area contributed by atoms with Crippen molar-refractivity contribution in [1.82, 2.24) is 9.55 Å². The van der Waals surface area contributed by atoms with Crippen LogP contribution in [0.4, 0.5) is 0 Å². The average Bonchev–Trinajstić information content (AvgIpc) is 2.68. The minimum absolute atomic E-state index is 0.704. The van der Waals surface area contributed by atoms with E-state index in [9.17, 15) is 0 Å². The van der Waals surface area contributed by atoms with E-state index >= 15 is 0 Å². The molecule has 0 spiro atoms. The van der Waals surface area contributed by atoms with Crippen LogP contribution in [0.25, 0.3) is 0 Å². The minimum Gasteiger partial charge on any atom is -0.333 e. The first-order valence-corrected chi connectivity index (χ1v) is 5.62. The van der Waals surface area contributed by atoms with Crippen LogP contribution >= 0.6 is 0 Å². The van der Waals surface area contributed by atoms with Gasteiger partial charge >= 0.3 is 0 Å².